The van der Waals surface area contributed by atoms with E-state index in [0.29, 0.717) is 18.8 Å². The lowest BCUT2D eigenvalue weighted by molar-refractivity contribution is 0.187. The van der Waals surface area contributed by atoms with Crippen molar-refractivity contribution in [1.82, 2.24) is 4.98 Å². The van der Waals surface area contributed by atoms with Crippen molar-refractivity contribution < 1.29 is 14.3 Å². The summed E-state index contributed by atoms with van der Waals surface area (Å²) >= 11 is 0. The molecule has 0 unspecified atom stereocenters. The second-order valence-corrected chi connectivity index (χ2v) is 6.72. The van der Waals surface area contributed by atoms with Gasteiger partial charge < -0.3 is 14.8 Å². The van der Waals surface area contributed by atoms with Crippen LogP contribution in [0.2, 0.25) is 0 Å². The first-order valence-electron chi connectivity index (χ1n) is 9.37. The van der Waals surface area contributed by atoms with Gasteiger partial charge >= 0.3 is 6.09 Å². The molecule has 0 bridgehead atoms. The van der Waals surface area contributed by atoms with Crippen molar-refractivity contribution in [3.63, 3.8) is 0 Å². The molecule has 0 aliphatic heterocycles. The van der Waals surface area contributed by atoms with E-state index < -0.39 is 6.09 Å². The highest BCUT2D eigenvalue weighted by Gasteiger charge is 2.08. The molecular weight excluding hydrogens is 366 g/mol. The summed E-state index contributed by atoms with van der Waals surface area (Å²) in [4.78, 5) is 15.5. The smallest absolute Gasteiger partial charge is 0.411 e. The Morgan fingerprint density at radius 3 is 2.31 bits per heavy atom. The highest BCUT2D eigenvalue weighted by molar-refractivity contribution is 5.84. The third kappa shape index (κ3) is 5.72. The van der Waals surface area contributed by atoms with E-state index in [1.165, 1.54) is 12.7 Å². The first-order valence-corrected chi connectivity index (χ1v) is 9.37. The number of nitrogens with one attached hydrogen (secondary N) is 2. The van der Waals surface area contributed by atoms with Crippen molar-refractivity contribution >= 4 is 17.5 Å². The molecule has 29 heavy (non-hydrogen) atoms. The van der Waals surface area contributed by atoms with Gasteiger partial charge in [0.2, 0.25) is 0 Å². The second-order valence-electron chi connectivity index (χ2n) is 6.72. The van der Waals surface area contributed by atoms with E-state index >= 15 is 0 Å². The van der Waals surface area contributed by atoms with Gasteiger partial charge in [-0.25, -0.2) is 4.79 Å². The van der Waals surface area contributed by atoms with Crippen LogP contribution in [0, 0.1) is 13.8 Å². The number of anilines is 2. The molecule has 3 rings (SSSR count). The molecule has 0 saturated heterocycles. The number of nitrogens with zero attached hydrogens (tertiary/aromatic N) is 1. The molecule has 0 aliphatic carbocycles. The molecule has 2 N–H and O–H groups in total. The zero-order valence-electron chi connectivity index (χ0n) is 16.9. The topological polar surface area (TPSA) is 72.5 Å². The minimum absolute atomic E-state index is 0.450. The van der Waals surface area contributed by atoms with Gasteiger partial charge in [-0.15, -0.1) is 0 Å². The Morgan fingerprint density at radius 2 is 1.69 bits per heavy atom. The fraction of sp³-hybridized carbons (Fsp3) is 0.217. The van der Waals surface area contributed by atoms with Crippen LogP contribution in [0.3, 0.4) is 0 Å². The van der Waals surface area contributed by atoms with Crippen LogP contribution < -0.4 is 15.4 Å². The molecular formula is C23H25N3O3. The van der Waals surface area contributed by atoms with Crippen molar-refractivity contribution in [3.05, 3.63) is 83.2 Å². The molecule has 2 aromatic carbocycles. The lowest BCUT2D eigenvalue weighted by Crippen LogP contribution is -2.10. The van der Waals surface area contributed by atoms with Gasteiger partial charge in [-0.05, 0) is 66.9 Å². The number of amides is 1. The molecule has 0 radical (unpaired) electrons. The maximum atomic E-state index is 11.2. The van der Waals surface area contributed by atoms with Gasteiger partial charge in [-0.1, -0.05) is 18.2 Å². The Morgan fingerprint density at radius 1 is 1.00 bits per heavy atom. The molecule has 0 spiro atoms. The largest absolute Gasteiger partial charge is 0.487 e. The highest BCUT2D eigenvalue weighted by Crippen LogP contribution is 2.26. The minimum atomic E-state index is -0.484. The SMILES string of the molecule is COC(=O)Nc1ccc(NCc2cc(C)c(OCc3ccccn3)c(C)c2)cc1. The summed E-state index contributed by atoms with van der Waals surface area (Å²) in [6.45, 7) is 5.24. The van der Waals surface area contributed by atoms with E-state index in [1.807, 2.05) is 42.5 Å². The van der Waals surface area contributed by atoms with Gasteiger partial charge in [0.1, 0.15) is 12.4 Å². The summed E-state index contributed by atoms with van der Waals surface area (Å²) in [5.74, 6) is 0.901. The molecule has 1 amide bonds. The van der Waals surface area contributed by atoms with Crippen molar-refractivity contribution in [1.29, 1.82) is 0 Å². The molecule has 0 fully saturated rings. The van der Waals surface area contributed by atoms with Crippen LogP contribution >= 0.6 is 0 Å². The molecule has 0 aliphatic rings. The lowest BCUT2D eigenvalue weighted by Gasteiger charge is -2.15. The monoisotopic (exact) mass is 391 g/mol. The first kappa shape index (κ1) is 20.2. The number of hydrogen-bond acceptors (Lipinski definition) is 5. The minimum Gasteiger partial charge on any atom is -0.487 e. The van der Waals surface area contributed by atoms with E-state index in [1.54, 1.807) is 6.20 Å². The van der Waals surface area contributed by atoms with Gasteiger partial charge in [0.25, 0.3) is 0 Å². The van der Waals surface area contributed by atoms with Gasteiger partial charge in [-0.2, -0.15) is 0 Å². The molecule has 1 heterocycles. The second kappa shape index (κ2) is 9.59. The Balaban J connectivity index is 1.59. The van der Waals surface area contributed by atoms with Crippen LogP contribution in [0.1, 0.15) is 22.4 Å². The van der Waals surface area contributed by atoms with E-state index in [4.69, 9.17) is 4.74 Å². The number of rotatable bonds is 7. The molecule has 0 saturated carbocycles. The van der Waals surface area contributed by atoms with E-state index in [0.717, 1.165) is 28.3 Å². The average molecular weight is 391 g/mol. The van der Waals surface area contributed by atoms with Gasteiger partial charge in [0.05, 0.1) is 12.8 Å². The Hall–Kier alpha value is -3.54. The number of aromatic nitrogens is 1. The third-order valence-electron chi connectivity index (χ3n) is 4.42. The molecule has 1 aromatic heterocycles. The quantitative estimate of drug-likeness (QED) is 0.588. The van der Waals surface area contributed by atoms with Crippen LogP contribution in [-0.2, 0) is 17.9 Å². The number of ether oxygens (including phenoxy) is 2. The molecule has 6 heteroatoms. The predicted molar refractivity (Wildman–Crippen MR) is 114 cm³/mol. The molecule has 150 valence electrons. The number of aryl methyl sites for hydroxylation is 2. The van der Waals surface area contributed by atoms with Crippen LogP contribution in [0.5, 0.6) is 5.75 Å². The number of hydrogen-bond donors (Lipinski definition) is 2. The Kier molecular flexibility index (Phi) is 6.68. The van der Waals surface area contributed by atoms with Gasteiger partial charge in [0.15, 0.2) is 0 Å². The van der Waals surface area contributed by atoms with Crippen molar-refractivity contribution in [2.75, 3.05) is 17.7 Å². The summed E-state index contributed by atoms with van der Waals surface area (Å²) < 4.78 is 10.6. The summed E-state index contributed by atoms with van der Waals surface area (Å²) in [6, 6.07) is 17.5. The van der Waals surface area contributed by atoms with Crippen LogP contribution in [0.25, 0.3) is 0 Å². The number of pyridine rings is 1. The van der Waals surface area contributed by atoms with E-state index in [9.17, 15) is 4.79 Å². The summed E-state index contributed by atoms with van der Waals surface area (Å²) in [6.07, 6.45) is 1.28. The van der Waals surface area contributed by atoms with Crippen LogP contribution in [-0.4, -0.2) is 18.2 Å². The van der Waals surface area contributed by atoms with E-state index in [2.05, 4.69) is 46.3 Å². The number of carbonyl (C=O) groups is 1. The fourth-order valence-corrected chi connectivity index (χ4v) is 3.04. The lowest BCUT2D eigenvalue weighted by atomic mass is 10.1. The third-order valence-corrected chi connectivity index (χ3v) is 4.42. The van der Waals surface area contributed by atoms with Crippen molar-refractivity contribution in [3.8, 4) is 5.75 Å². The Labute approximate surface area is 170 Å². The highest BCUT2D eigenvalue weighted by atomic mass is 16.5. The first-order chi connectivity index (χ1) is 14.0. The molecule has 0 atom stereocenters. The van der Waals surface area contributed by atoms with Crippen molar-refractivity contribution in [2.45, 2.75) is 27.0 Å². The number of benzene rings is 2. The number of methoxy groups -OCH3 is 1. The van der Waals surface area contributed by atoms with E-state index in [-0.39, 0.29) is 0 Å². The van der Waals surface area contributed by atoms with Crippen LogP contribution in [0.4, 0.5) is 16.2 Å². The summed E-state index contributed by atoms with van der Waals surface area (Å²) in [5.41, 5.74) is 5.91. The van der Waals surface area contributed by atoms with Gasteiger partial charge in [-0.3, -0.25) is 10.3 Å². The maximum absolute atomic E-state index is 11.2. The predicted octanol–water partition coefficient (Wildman–Crippen LogP) is 5.07. The summed E-state index contributed by atoms with van der Waals surface area (Å²) in [7, 11) is 1.34. The summed E-state index contributed by atoms with van der Waals surface area (Å²) in [5, 5.41) is 6.02. The van der Waals surface area contributed by atoms with Gasteiger partial charge in [0, 0.05) is 24.1 Å². The average Bonchev–Trinajstić information content (AvgIpc) is 2.73. The van der Waals surface area contributed by atoms with Crippen molar-refractivity contribution in [2.24, 2.45) is 0 Å². The zero-order chi connectivity index (χ0) is 20.6. The molecule has 3 aromatic rings. The zero-order valence-corrected chi connectivity index (χ0v) is 16.9. The normalized spacial score (nSPS) is 10.3. The molecule has 6 nitrogen and oxygen atoms in total. The maximum Gasteiger partial charge on any atom is 0.411 e. The standard InChI is InChI=1S/C23H25N3O3/c1-16-12-18(13-17(2)22(16)29-15-21-6-4-5-11-24-21)14-25-19-7-9-20(10-8-19)26-23(27)28-3/h4-13,25H,14-15H2,1-3H3,(H,26,27). The van der Waals surface area contributed by atoms with Crippen LogP contribution in [0.15, 0.2) is 60.8 Å². The number of carbonyl (C=O) groups excluding carboxylic acids is 1. The fourth-order valence-electron chi connectivity index (χ4n) is 3.04. The Bertz CT molecular complexity index is 934.